The van der Waals surface area contributed by atoms with Gasteiger partial charge in [-0.15, -0.1) is 0 Å². The van der Waals surface area contributed by atoms with Crippen LogP contribution >= 0.6 is 0 Å². The van der Waals surface area contributed by atoms with E-state index in [0.717, 1.165) is 29.3 Å². The first-order chi connectivity index (χ1) is 8.57. The van der Waals surface area contributed by atoms with E-state index >= 15 is 0 Å². The minimum absolute atomic E-state index is 0.276. The number of nitrogens with two attached hydrogens (primary N) is 1. The molecule has 0 aromatic carbocycles. The second-order valence-electron chi connectivity index (χ2n) is 7.15. The average molecular weight is 245 g/mol. The zero-order valence-electron chi connectivity index (χ0n) is 11.4. The molecule has 4 fully saturated rings. The van der Waals surface area contributed by atoms with Crippen LogP contribution in [0, 0.1) is 31.6 Å². The molecule has 1 aromatic rings. The molecule has 3 heteroatoms. The van der Waals surface area contributed by atoms with E-state index in [2.05, 4.69) is 18.5 Å². The highest BCUT2D eigenvalue weighted by Crippen LogP contribution is 2.59. The molecule has 0 unspecified atom stereocenters. The van der Waals surface area contributed by atoms with Gasteiger partial charge in [0.05, 0.1) is 11.2 Å². The molecule has 1 aromatic heterocycles. The standard InChI is InChI=1S/C15H23N3/c1-9-10(2)17-18(14(9)16)15-6-11-3-12(7-15)5-13(4-11)8-15/h11-13H,3-8,16H2,1-2H3. The predicted molar refractivity (Wildman–Crippen MR) is 72.3 cm³/mol. The third-order valence-electron chi connectivity index (χ3n) is 5.86. The van der Waals surface area contributed by atoms with Crippen LogP contribution in [0.3, 0.4) is 0 Å². The molecule has 4 aliphatic carbocycles. The van der Waals surface area contributed by atoms with Crippen molar-refractivity contribution in [3.05, 3.63) is 11.3 Å². The van der Waals surface area contributed by atoms with Crippen molar-refractivity contribution in [2.45, 2.75) is 57.9 Å². The van der Waals surface area contributed by atoms with Crippen molar-refractivity contribution in [2.75, 3.05) is 5.73 Å². The van der Waals surface area contributed by atoms with Gasteiger partial charge in [-0.1, -0.05) is 0 Å². The molecule has 3 nitrogen and oxygen atoms in total. The number of nitrogens with zero attached hydrogens (tertiary/aromatic N) is 2. The summed E-state index contributed by atoms with van der Waals surface area (Å²) >= 11 is 0. The fourth-order valence-electron chi connectivity index (χ4n) is 5.31. The Morgan fingerprint density at radius 2 is 1.56 bits per heavy atom. The summed E-state index contributed by atoms with van der Waals surface area (Å²) in [4.78, 5) is 0. The fourth-order valence-corrected chi connectivity index (χ4v) is 5.31. The number of nitrogen functional groups attached to an aromatic ring is 1. The lowest BCUT2D eigenvalue weighted by Gasteiger charge is -2.56. The van der Waals surface area contributed by atoms with E-state index in [1.54, 1.807) is 0 Å². The zero-order valence-corrected chi connectivity index (χ0v) is 11.4. The Bertz CT molecular complexity index is 465. The van der Waals surface area contributed by atoms with Gasteiger partial charge in [-0.2, -0.15) is 5.10 Å². The molecule has 4 aliphatic rings. The first-order valence-corrected chi connectivity index (χ1v) is 7.39. The quantitative estimate of drug-likeness (QED) is 0.826. The van der Waals surface area contributed by atoms with Crippen LogP contribution in [0.25, 0.3) is 0 Å². The number of aromatic nitrogens is 2. The topological polar surface area (TPSA) is 43.8 Å². The van der Waals surface area contributed by atoms with Crippen molar-refractivity contribution >= 4 is 5.82 Å². The maximum Gasteiger partial charge on any atom is 0.125 e. The SMILES string of the molecule is Cc1nn(C23CC4CC(CC(C4)C2)C3)c(N)c1C. The Morgan fingerprint density at radius 3 is 1.94 bits per heavy atom. The molecule has 18 heavy (non-hydrogen) atoms. The average Bonchev–Trinajstić information content (AvgIpc) is 2.56. The summed E-state index contributed by atoms with van der Waals surface area (Å²) < 4.78 is 2.22. The fraction of sp³-hybridized carbons (Fsp3) is 0.800. The molecule has 0 aliphatic heterocycles. The van der Waals surface area contributed by atoms with Crippen molar-refractivity contribution < 1.29 is 0 Å². The minimum Gasteiger partial charge on any atom is -0.384 e. The Labute approximate surface area is 109 Å². The number of rotatable bonds is 1. The maximum absolute atomic E-state index is 6.33. The number of anilines is 1. The van der Waals surface area contributed by atoms with Gasteiger partial charge in [-0.3, -0.25) is 0 Å². The first-order valence-electron chi connectivity index (χ1n) is 7.39. The van der Waals surface area contributed by atoms with Crippen LogP contribution in [0.15, 0.2) is 0 Å². The minimum atomic E-state index is 0.276. The number of hydrogen-bond acceptors (Lipinski definition) is 2. The Morgan fingerprint density at radius 1 is 1.06 bits per heavy atom. The van der Waals surface area contributed by atoms with Gasteiger partial charge in [0.1, 0.15) is 5.82 Å². The van der Waals surface area contributed by atoms with Crippen LogP contribution in [-0.2, 0) is 5.54 Å². The highest BCUT2D eigenvalue weighted by Gasteiger charge is 2.53. The van der Waals surface area contributed by atoms with Crippen LogP contribution in [0.5, 0.6) is 0 Å². The summed E-state index contributed by atoms with van der Waals surface area (Å²) in [7, 11) is 0. The molecular weight excluding hydrogens is 222 g/mol. The molecule has 2 N–H and O–H groups in total. The Hall–Kier alpha value is -0.990. The van der Waals surface area contributed by atoms with Crippen molar-refractivity contribution in [1.82, 2.24) is 9.78 Å². The van der Waals surface area contributed by atoms with Gasteiger partial charge in [0.15, 0.2) is 0 Å². The Balaban J connectivity index is 1.81. The lowest BCUT2D eigenvalue weighted by Crippen LogP contribution is -2.52. The molecule has 4 saturated carbocycles. The number of aryl methyl sites for hydroxylation is 1. The maximum atomic E-state index is 6.33. The summed E-state index contributed by atoms with van der Waals surface area (Å²) in [6.45, 7) is 4.19. The monoisotopic (exact) mass is 245 g/mol. The third-order valence-corrected chi connectivity index (χ3v) is 5.86. The summed E-state index contributed by atoms with van der Waals surface area (Å²) in [5.74, 6) is 3.76. The highest BCUT2D eigenvalue weighted by molar-refractivity contribution is 5.43. The van der Waals surface area contributed by atoms with Crippen molar-refractivity contribution in [3.8, 4) is 0 Å². The van der Waals surface area contributed by atoms with Crippen LogP contribution in [0.4, 0.5) is 5.82 Å². The second kappa shape index (κ2) is 3.31. The van der Waals surface area contributed by atoms with Crippen LogP contribution in [0.1, 0.15) is 49.8 Å². The predicted octanol–water partition coefficient (Wildman–Crippen LogP) is 3.01. The normalized spacial score (nSPS) is 41.6. The molecular formula is C15H23N3. The zero-order chi connectivity index (χ0) is 12.5. The van der Waals surface area contributed by atoms with Gasteiger partial charge < -0.3 is 5.73 Å². The summed E-state index contributed by atoms with van der Waals surface area (Å²) in [6.07, 6.45) is 8.38. The van der Waals surface area contributed by atoms with Gasteiger partial charge >= 0.3 is 0 Å². The van der Waals surface area contributed by atoms with Crippen LogP contribution in [-0.4, -0.2) is 9.78 Å². The van der Waals surface area contributed by atoms with Gasteiger partial charge in [0.25, 0.3) is 0 Å². The van der Waals surface area contributed by atoms with Gasteiger partial charge in [0.2, 0.25) is 0 Å². The van der Waals surface area contributed by atoms with Gasteiger partial charge in [0, 0.05) is 5.56 Å². The molecule has 0 radical (unpaired) electrons. The van der Waals surface area contributed by atoms with E-state index in [1.165, 1.54) is 44.1 Å². The molecule has 0 atom stereocenters. The molecule has 98 valence electrons. The molecule has 0 amide bonds. The van der Waals surface area contributed by atoms with E-state index < -0.39 is 0 Å². The van der Waals surface area contributed by atoms with Gasteiger partial charge in [-0.05, 0) is 70.1 Å². The molecule has 5 rings (SSSR count). The van der Waals surface area contributed by atoms with Crippen molar-refractivity contribution in [1.29, 1.82) is 0 Å². The van der Waals surface area contributed by atoms with Gasteiger partial charge in [-0.25, -0.2) is 4.68 Å². The largest absolute Gasteiger partial charge is 0.384 e. The third kappa shape index (κ3) is 1.28. The van der Waals surface area contributed by atoms with E-state index in [0.29, 0.717) is 0 Å². The summed E-state index contributed by atoms with van der Waals surface area (Å²) in [5.41, 5.74) is 8.90. The van der Waals surface area contributed by atoms with E-state index in [1.807, 2.05) is 0 Å². The smallest absolute Gasteiger partial charge is 0.125 e. The van der Waals surface area contributed by atoms with E-state index in [4.69, 9.17) is 10.8 Å². The molecule has 1 heterocycles. The lowest BCUT2D eigenvalue weighted by atomic mass is 9.53. The second-order valence-corrected chi connectivity index (χ2v) is 7.15. The molecule has 4 bridgehead atoms. The van der Waals surface area contributed by atoms with E-state index in [9.17, 15) is 0 Å². The summed E-state index contributed by atoms with van der Waals surface area (Å²) in [5, 5.41) is 4.79. The van der Waals surface area contributed by atoms with Crippen molar-refractivity contribution in [3.63, 3.8) is 0 Å². The highest BCUT2D eigenvalue weighted by atomic mass is 15.4. The lowest BCUT2D eigenvalue weighted by molar-refractivity contribution is -0.0482. The van der Waals surface area contributed by atoms with E-state index in [-0.39, 0.29) is 5.54 Å². The van der Waals surface area contributed by atoms with Crippen LogP contribution in [0.2, 0.25) is 0 Å². The van der Waals surface area contributed by atoms with Crippen LogP contribution < -0.4 is 5.73 Å². The molecule has 0 saturated heterocycles. The summed E-state index contributed by atoms with van der Waals surface area (Å²) in [6, 6.07) is 0. The Kier molecular flexibility index (Phi) is 2.00. The molecule has 0 spiro atoms. The first kappa shape index (κ1) is 10.9. The van der Waals surface area contributed by atoms with Crippen molar-refractivity contribution in [2.24, 2.45) is 17.8 Å². The number of hydrogen-bond donors (Lipinski definition) is 1.